The molecular formula is C17H29NS. The quantitative estimate of drug-likeness (QED) is 0.790. The Labute approximate surface area is 122 Å². The van der Waals surface area contributed by atoms with Crippen molar-refractivity contribution in [1.29, 1.82) is 0 Å². The van der Waals surface area contributed by atoms with Gasteiger partial charge in [0.05, 0.1) is 0 Å². The van der Waals surface area contributed by atoms with Gasteiger partial charge in [-0.3, -0.25) is 0 Å². The number of nitrogens with one attached hydrogen (secondary N) is 1. The lowest BCUT2D eigenvalue weighted by Gasteiger charge is -2.46. The number of thiophene rings is 1. The molecule has 0 saturated heterocycles. The van der Waals surface area contributed by atoms with Crippen LogP contribution in [-0.4, -0.2) is 6.04 Å². The van der Waals surface area contributed by atoms with Crippen LogP contribution in [0.4, 0.5) is 0 Å². The van der Waals surface area contributed by atoms with Gasteiger partial charge in [-0.15, -0.1) is 11.3 Å². The molecule has 108 valence electrons. The van der Waals surface area contributed by atoms with Crippen LogP contribution >= 0.6 is 11.3 Å². The Morgan fingerprint density at radius 3 is 2.21 bits per heavy atom. The largest absolute Gasteiger partial charge is 0.307 e. The molecule has 2 rings (SSSR count). The minimum Gasteiger partial charge on any atom is -0.307 e. The highest BCUT2D eigenvalue weighted by atomic mass is 32.1. The molecule has 1 aromatic rings. The van der Waals surface area contributed by atoms with Crippen LogP contribution < -0.4 is 5.32 Å². The Hall–Kier alpha value is -0.340. The van der Waals surface area contributed by atoms with E-state index in [0.29, 0.717) is 22.9 Å². The summed E-state index contributed by atoms with van der Waals surface area (Å²) in [6.07, 6.45) is 3.93. The molecular weight excluding hydrogens is 250 g/mol. The zero-order chi connectivity index (χ0) is 14.3. The number of rotatable bonds is 3. The third-order valence-corrected chi connectivity index (χ3v) is 5.41. The molecule has 1 atom stereocenters. The fraction of sp³-hybridized carbons (Fsp3) is 0.765. The summed E-state index contributed by atoms with van der Waals surface area (Å²) in [7, 11) is 0. The second-order valence-corrected chi connectivity index (χ2v) is 9.27. The van der Waals surface area contributed by atoms with Crippen LogP contribution in [0.25, 0.3) is 0 Å². The molecule has 1 N–H and O–H groups in total. The van der Waals surface area contributed by atoms with Crippen molar-refractivity contribution < 1.29 is 0 Å². The van der Waals surface area contributed by atoms with Crippen molar-refractivity contribution in [2.24, 2.45) is 10.8 Å². The smallest absolute Gasteiger partial charge is 0.0388 e. The van der Waals surface area contributed by atoms with Crippen LogP contribution in [0, 0.1) is 17.8 Å². The van der Waals surface area contributed by atoms with Gasteiger partial charge in [0.1, 0.15) is 0 Å². The van der Waals surface area contributed by atoms with Crippen molar-refractivity contribution in [3.8, 4) is 0 Å². The van der Waals surface area contributed by atoms with Gasteiger partial charge in [-0.2, -0.15) is 0 Å². The van der Waals surface area contributed by atoms with E-state index in [0.717, 1.165) is 0 Å². The van der Waals surface area contributed by atoms with Gasteiger partial charge < -0.3 is 5.32 Å². The van der Waals surface area contributed by atoms with Gasteiger partial charge >= 0.3 is 0 Å². The first kappa shape index (κ1) is 15.1. The minimum atomic E-state index is 0.463. The molecule has 0 radical (unpaired) electrons. The second-order valence-electron chi connectivity index (χ2n) is 7.95. The van der Waals surface area contributed by atoms with Crippen molar-refractivity contribution >= 4 is 11.3 Å². The van der Waals surface area contributed by atoms with Gasteiger partial charge in [-0.05, 0) is 56.1 Å². The first-order chi connectivity index (χ1) is 8.67. The lowest BCUT2D eigenvalue weighted by molar-refractivity contribution is 0.0813. The van der Waals surface area contributed by atoms with Gasteiger partial charge in [0, 0.05) is 21.8 Å². The highest BCUT2D eigenvalue weighted by Crippen LogP contribution is 2.46. The van der Waals surface area contributed by atoms with E-state index < -0.39 is 0 Å². The molecule has 0 aliphatic heterocycles. The molecule has 1 heterocycles. The van der Waals surface area contributed by atoms with Gasteiger partial charge in [0.15, 0.2) is 0 Å². The molecule has 19 heavy (non-hydrogen) atoms. The maximum atomic E-state index is 3.87. The van der Waals surface area contributed by atoms with E-state index in [9.17, 15) is 0 Å². The molecule has 0 spiro atoms. The summed E-state index contributed by atoms with van der Waals surface area (Å²) in [4.78, 5) is 2.88. The summed E-state index contributed by atoms with van der Waals surface area (Å²) in [6, 6.07) is 5.63. The summed E-state index contributed by atoms with van der Waals surface area (Å²) < 4.78 is 0. The molecule has 1 nitrogen and oxygen atoms in total. The van der Waals surface area contributed by atoms with Crippen LogP contribution in [0.1, 0.15) is 69.7 Å². The van der Waals surface area contributed by atoms with E-state index in [2.05, 4.69) is 59.0 Å². The Kier molecular flexibility index (Phi) is 4.13. The average Bonchev–Trinajstić information content (AvgIpc) is 2.59. The minimum absolute atomic E-state index is 0.463. The second kappa shape index (κ2) is 5.21. The summed E-state index contributed by atoms with van der Waals surface area (Å²) in [6.45, 7) is 14.2. The standard InChI is InChI=1S/C17H29NS/c1-12-7-8-15(19-12)13(2)18-14-9-16(3,4)11-17(5,6)10-14/h7-8,13-14,18H,9-11H2,1-6H3. The van der Waals surface area contributed by atoms with Crippen molar-refractivity contribution in [2.45, 2.75) is 72.9 Å². The van der Waals surface area contributed by atoms with Gasteiger partial charge in [-0.1, -0.05) is 27.7 Å². The van der Waals surface area contributed by atoms with E-state index in [1.165, 1.54) is 29.0 Å². The molecule has 1 saturated carbocycles. The highest BCUT2D eigenvalue weighted by Gasteiger charge is 2.38. The molecule has 1 unspecified atom stereocenters. The Morgan fingerprint density at radius 1 is 1.16 bits per heavy atom. The van der Waals surface area contributed by atoms with Crippen molar-refractivity contribution in [3.63, 3.8) is 0 Å². The maximum absolute atomic E-state index is 3.87. The number of hydrogen-bond donors (Lipinski definition) is 1. The fourth-order valence-corrected chi connectivity index (χ4v) is 4.97. The number of aryl methyl sites for hydroxylation is 1. The van der Waals surface area contributed by atoms with E-state index in [1.807, 2.05) is 11.3 Å². The van der Waals surface area contributed by atoms with Crippen molar-refractivity contribution in [2.75, 3.05) is 0 Å². The third-order valence-electron chi connectivity index (χ3n) is 4.23. The third kappa shape index (κ3) is 4.06. The van der Waals surface area contributed by atoms with Crippen LogP contribution in [-0.2, 0) is 0 Å². The van der Waals surface area contributed by atoms with Crippen molar-refractivity contribution in [3.05, 3.63) is 21.9 Å². The van der Waals surface area contributed by atoms with Crippen LogP contribution in [0.2, 0.25) is 0 Å². The zero-order valence-electron chi connectivity index (χ0n) is 13.3. The molecule has 1 aromatic heterocycles. The summed E-state index contributed by atoms with van der Waals surface area (Å²) in [5.41, 5.74) is 0.926. The normalized spacial score (nSPS) is 24.3. The first-order valence-electron chi connectivity index (χ1n) is 7.49. The molecule has 1 fully saturated rings. The monoisotopic (exact) mass is 279 g/mol. The summed E-state index contributed by atoms with van der Waals surface area (Å²) >= 11 is 1.92. The van der Waals surface area contributed by atoms with Crippen LogP contribution in [0.3, 0.4) is 0 Å². The van der Waals surface area contributed by atoms with Gasteiger partial charge in [-0.25, -0.2) is 0 Å². The SMILES string of the molecule is Cc1ccc(C(C)NC2CC(C)(C)CC(C)(C)C2)s1. The van der Waals surface area contributed by atoms with Crippen molar-refractivity contribution in [1.82, 2.24) is 5.32 Å². The molecule has 1 aliphatic rings. The average molecular weight is 279 g/mol. The predicted octanol–water partition coefficient (Wildman–Crippen LogP) is 5.31. The molecule has 1 aliphatic carbocycles. The predicted molar refractivity (Wildman–Crippen MR) is 85.8 cm³/mol. The van der Waals surface area contributed by atoms with E-state index >= 15 is 0 Å². The van der Waals surface area contributed by atoms with Crippen LogP contribution in [0.15, 0.2) is 12.1 Å². The Bertz CT molecular complexity index is 414. The van der Waals surface area contributed by atoms with E-state index in [4.69, 9.17) is 0 Å². The Morgan fingerprint density at radius 2 is 1.74 bits per heavy atom. The lowest BCUT2D eigenvalue weighted by Crippen LogP contribution is -2.44. The maximum Gasteiger partial charge on any atom is 0.0388 e. The van der Waals surface area contributed by atoms with E-state index in [1.54, 1.807) is 0 Å². The van der Waals surface area contributed by atoms with E-state index in [-0.39, 0.29) is 0 Å². The molecule has 0 bridgehead atoms. The summed E-state index contributed by atoms with van der Waals surface area (Å²) in [5.74, 6) is 0. The Balaban J connectivity index is 2.02. The first-order valence-corrected chi connectivity index (χ1v) is 8.31. The summed E-state index contributed by atoms with van der Waals surface area (Å²) in [5, 5.41) is 3.87. The topological polar surface area (TPSA) is 12.0 Å². The lowest BCUT2D eigenvalue weighted by atomic mass is 9.63. The molecule has 2 heteroatoms. The van der Waals surface area contributed by atoms with Crippen LogP contribution in [0.5, 0.6) is 0 Å². The highest BCUT2D eigenvalue weighted by molar-refractivity contribution is 7.12. The fourth-order valence-electron chi connectivity index (χ4n) is 4.09. The molecule has 0 amide bonds. The molecule has 0 aromatic carbocycles. The van der Waals surface area contributed by atoms with Gasteiger partial charge in [0.25, 0.3) is 0 Å². The zero-order valence-corrected chi connectivity index (χ0v) is 14.2. The number of hydrogen-bond acceptors (Lipinski definition) is 2. The van der Waals surface area contributed by atoms with Gasteiger partial charge in [0.2, 0.25) is 0 Å².